The highest BCUT2D eigenvalue weighted by molar-refractivity contribution is 5.32. The average molecular weight is 343 g/mol. The van der Waals surface area contributed by atoms with Gasteiger partial charge in [-0.3, -0.25) is 4.90 Å². The molecule has 1 heterocycles. The molecule has 2 aromatic carbocycles. The maximum atomic E-state index is 12.9. The molecule has 1 saturated carbocycles. The Balaban J connectivity index is 1.36. The number of likely N-dealkylation sites (tertiary alicyclic amines) is 1. The zero-order valence-electron chi connectivity index (χ0n) is 14.2. The van der Waals surface area contributed by atoms with Crippen LogP contribution in [-0.4, -0.2) is 36.6 Å². The number of halogens is 2. The summed E-state index contributed by atoms with van der Waals surface area (Å²) in [5.41, 5.74) is 2.54. The fraction of sp³-hybridized carbons (Fsp3) is 0.429. The van der Waals surface area contributed by atoms with Crippen LogP contribution >= 0.6 is 0 Å². The van der Waals surface area contributed by atoms with Gasteiger partial charge in [0.25, 0.3) is 0 Å². The molecule has 0 amide bonds. The van der Waals surface area contributed by atoms with Crippen molar-refractivity contribution in [3.63, 3.8) is 0 Å². The second-order valence-electron chi connectivity index (χ2n) is 7.26. The van der Waals surface area contributed by atoms with Crippen LogP contribution in [0, 0.1) is 5.92 Å². The first-order valence-corrected chi connectivity index (χ1v) is 8.94. The van der Waals surface area contributed by atoms with Crippen molar-refractivity contribution in [2.75, 3.05) is 19.7 Å². The summed E-state index contributed by atoms with van der Waals surface area (Å²) in [6.07, 6.45) is 0.129. The second-order valence-corrected chi connectivity index (χ2v) is 7.26. The van der Waals surface area contributed by atoms with Crippen LogP contribution < -0.4 is 0 Å². The van der Waals surface area contributed by atoms with E-state index >= 15 is 0 Å². The van der Waals surface area contributed by atoms with Gasteiger partial charge in [0.2, 0.25) is 5.92 Å². The van der Waals surface area contributed by atoms with Crippen molar-refractivity contribution in [1.29, 1.82) is 0 Å². The number of hydrogen-bond acceptors (Lipinski definition) is 2. The van der Waals surface area contributed by atoms with Gasteiger partial charge in [-0.25, -0.2) is 8.78 Å². The fourth-order valence-electron chi connectivity index (χ4n) is 3.85. The number of rotatable bonds is 6. The number of alkyl halides is 2. The van der Waals surface area contributed by atoms with Crippen molar-refractivity contribution in [1.82, 2.24) is 4.90 Å². The minimum absolute atomic E-state index is 0.0138. The van der Waals surface area contributed by atoms with E-state index < -0.39 is 5.92 Å². The molecule has 2 aliphatic rings. The Morgan fingerprint density at radius 2 is 1.44 bits per heavy atom. The van der Waals surface area contributed by atoms with Crippen molar-refractivity contribution in [3.8, 4) is 0 Å². The molecule has 2 fully saturated rings. The molecule has 0 aromatic heterocycles. The third-order valence-corrected chi connectivity index (χ3v) is 5.21. The van der Waals surface area contributed by atoms with E-state index in [-0.39, 0.29) is 30.9 Å². The molecule has 4 rings (SSSR count). The van der Waals surface area contributed by atoms with Crippen molar-refractivity contribution < 1.29 is 13.5 Å². The fourth-order valence-corrected chi connectivity index (χ4v) is 3.85. The Kier molecular flexibility index (Phi) is 4.57. The summed E-state index contributed by atoms with van der Waals surface area (Å²) >= 11 is 0. The van der Waals surface area contributed by atoms with Gasteiger partial charge in [-0.15, -0.1) is 0 Å². The number of hydrogen-bond donors (Lipinski definition) is 0. The smallest absolute Gasteiger partial charge is 0.248 e. The minimum Gasteiger partial charge on any atom is -0.375 e. The Morgan fingerprint density at radius 1 is 0.920 bits per heavy atom. The van der Waals surface area contributed by atoms with Crippen LogP contribution in [0.2, 0.25) is 0 Å². The molecule has 2 aromatic rings. The molecule has 0 N–H and O–H groups in total. The molecule has 132 valence electrons. The SMILES string of the molecule is FC1(F)CC(COC2CN(C(c3ccccc3)c3ccccc3)C2)C1. The molecule has 25 heavy (non-hydrogen) atoms. The molecular formula is C21H23F2NO. The molecule has 0 unspecified atom stereocenters. The van der Waals surface area contributed by atoms with Gasteiger partial charge in [-0.1, -0.05) is 60.7 Å². The van der Waals surface area contributed by atoms with Crippen molar-refractivity contribution in [2.24, 2.45) is 5.92 Å². The van der Waals surface area contributed by atoms with E-state index in [0.29, 0.717) is 6.61 Å². The third kappa shape index (κ3) is 3.75. The van der Waals surface area contributed by atoms with E-state index in [0.717, 1.165) is 13.1 Å². The molecule has 0 atom stereocenters. The minimum atomic E-state index is -2.45. The van der Waals surface area contributed by atoms with E-state index in [1.807, 2.05) is 12.1 Å². The topological polar surface area (TPSA) is 12.5 Å². The van der Waals surface area contributed by atoms with Crippen molar-refractivity contribution >= 4 is 0 Å². The molecule has 1 saturated heterocycles. The Morgan fingerprint density at radius 3 is 1.92 bits per heavy atom. The summed E-state index contributed by atoms with van der Waals surface area (Å²) in [4.78, 5) is 2.39. The van der Waals surface area contributed by atoms with Crippen molar-refractivity contribution in [3.05, 3.63) is 71.8 Å². The highest BCUT2D eigenvalue weighted by Gasteiger charge is 2.46. The molecular weight excluding hydrogens is 320 g/mol. The Bertz CT molecular complexity index is 638. The average Bonchev–Trinajstić information content (AvgIpc) is 2.56. The lowest BCUT2D eigenvalue weighted by Gasteiger charge is -2.45. The predicted octanol–water partition coefficient (Wildman–Crippen LogP) is 4.52. The first kappa shape index (κ1) is 16.7. The van der Waals surface area contributed by atoms with E-state index in [9.17, 15) is 8.78 Å². The van der Waals surface area contributed by atoms with E-state index in [1.165, 1.54) is 11.1 Å². The molecule has 1 aliphatic carbocycles. The molecule has 0 spiro atoms. The van der Waals surface area contributed by atoms with Gasteiger partial charge in [-0.05, 0) is 17.0 Å². The van der Waals surface area contributed by atoms with Gasteiger partial charge >= 0.3 is 0 Å². The normalized spacial score (nSPS) is 21.1. The summed E-state index contributed by atoms with van der Waals surface area (Å²) in [6.45, 7) is 2.16. The van der Waals surface area contributed by atoms with E-state index in [1.54, 1.807) is 0 Å². The van der Waals surface area contributed by atoms with Gasteiger partial charge < -0.3 is 4.74 Å². The Labute approximate surface area is 147 Å². The zero-order chi connectivity index (χ0) is 17.3. The summed E-state index contributed by atoms with van der Waals surface area (Å²) in [6, 6.07) is 21.2. The van der Waals surface area contributed by atoms with E-state index in [2.05, 4.69) is 53.4 Å². The van der Waals surface area contributed by atoms with Crippen LogP contribution in [0.15, 0.2) is 60.7 Å². The largest absolute Gasteiger partial charge is 0.375 e. The lowest BCUT2D eigenvalue weighted by molar-refractivity contribution is -0.149. The second kappa shape index (κ2) is 6.85. The molecule has 0 radical (unpaired) electrons. The van der Waals surface area contributed by atoms with Gasteiger partial charge in [0, 0.05) is 25.9 Å². The van der Waals surface area contributed by atoms with Gasteiger partial charge in [0.1, 0.15) is 0 Å². The predicted molar refractivity (Wildman–Crippen MR) is 93.7 cm³/mol. The first-order valence-electron chi connectivity index (χ1n) is 8.94. The van der Waals surface area contributed by atoms with Gasteiger partial charge in [0.15, 0.2) is 0 Å². The monoisotopic (exact) mass is 343 g/mol. The maximum absolute atomic E-state index is 12.9. The van der Waals surface area contributed by atoms with Crippen LogP contribution in [0.3, 0.4) is 0 Å². The molecule has 0 bridgehead atoms. The molecule has 2 nitrogen and oxygen atoms in total. The quantitative estimate of drug-likeness (QED) is 0.764. The number of nitrogens with zero attached hydrogens (tertiary/aromatic N) is 1. The summed E-state index contributed by atoms with van der Waals surface area (Å²) < 4.78 is 31.6. The van der Waals surface area contributed by atoms with Crippen LogP contribution in [0.5, 0.6) is 0 Å². The summed E-state index contributed by atoms with van der Waals surface area (Å²) in [5.74, 6) is -2.42. The van der Waals surface area contributed by atoms with Gasteiger partial charge in [0.05, 0.1) is 18.8 Å². The first-order chi connectivity index (χ1) is 12.1. The maximum Gasteiger partial charge on any atom is 0.248 e. The summed E-state index contributed by atoms with van der Waals surface area (Å²) in [5, 5.41) is 0. The van der Waals surface area contributed by atoms with E-state index in [4.69, 9.17) is 4.74 Å². The van der Waals surface area contributed by atoms with Crippen LogP contribution in [-0.2, 0) is 4.74 Å². The van der Waals surface area contributed by atoms with Crippen LogP contribution in [0.25, 0.3) is 0 Å². The lowest BCUT2D eigenvalue weighted by atomic mass is 9.82. The number of ether oxygens (including phenoxy) is 1. The molecule has 1 aliphatic heterocycles. The summed E-state index contributed by atoms with van der Waals surface area (Å²) in [7, 11) is 0. The van der Waals surface area contributed by atoms with Gasteiger partial charge in [-0.2, -0.15) is 0 Å². The lowest BCUT2D eigenvalue weighted by Crippen LogP contribution is -2.54. The third-order valence-electron chi connectivity index (χ3n) is 5.21. The van der Waals surface area contributed by atoms with Crippen molar-refractivity contribution in [2.45, 2.75) is 30.9 Å². The molecule has 4 heteroatoms. The van der Waals surface area contributed by atoms with Crippen LogP contribution in [0.4, 0.5) is 8.78 Å². The highest BCUT2D eigenvalue weighted by Crippen LogP contribution is 2.42. The Hall–Kier alpha value is -1.78. The zero-order valence-corrected chi connectivity index (χ0v) is 14.2. The van der Waals surface area contributed by atoms with Crippen LogP contribution in [0.1, 0.15) is 30.0 Å². The highest BCUT2D eigenvalue weighted by atomic mass is 19.3. The standard InChI is InChI=1S/C21H23F2NO/c22-21(23)11-16(12-21)15-25-19-13-24(14-19)20(17-7-3-1-4-8-17)18-9-5-2-6-10-18/h1-10,16,19-20H,11-15H2. The number of benzene rings is 2.